The van der Waals surface area contributed by atoms with Crippen molar-refractivity contribution >= 4 is 60.0 Å². The first-order valence-electron chi connectivity index (χ1n) is 20.5. The monoisotopic (exact) mass is 1140 g/mol. The molecule has 0 rings (SSSR count). The molecule has 0 aliphatic rings. The molecule has 20 N–H and O–H groups in total. The van der Waals surface area contributed by atoms with E-state index in [2.05, 4.69) is 59.2 Å². The molecule has 30 heteroatoms. The van der Waals surface area contributed by atoms with Crippen molar-refractivity contribution in [3.63, 3.8) is 0 Å². The molecule has 0 saturated heterocycles. The van der Waals surface area contributed by atoms with E-state index in [4.69, 9.17) is 102 Å². The molecule has 4 atom stereocenters. The summed E-state index contributed by atoms with van der Waals surface area (Å²) in [5.74, 6) is -8.42. The average molecular weight is 1140 g/mol. The second kappa shape index (κ2) is 65.2. The maximum absolute atomic E-state index is 9.90. The van der Waals surface area contributed by atoms with Gasteiger partial charge in [-0.3, -0.25) is 0 Å². The Morgan fingerprint density at radius 2 is 0.410 bits per heavy atom. The van der Waals surface area contributed by atoms with Crippen LogP contribution in [-0.2, 0) is 47.9 Å². The van der Waals surface area contributed by atoms with Crippen molar-refractivity contribution in [2.45, 2.75) is 98.9 Å². The van der Waals surface area contributed by atoms with Crippen LogP contribution >= 0.6 is 0 Å². The number of hydrogen-bond acceptors (Lipinski definition) is 21. The van der Waals surface area contributed by atoms with Crippen molar-refractivity contribution < 1.29 is 150 Å². The predicted octanol–water partition coefficient (Wildman–Crippen LogP) is -0.891. The van der Waals surface area contributed by atoms with E-state index in [1.165, 1.54) is 62.3 Å². The molecule has 454 valence electrons. The van der Waals surface area contributed by atoms with Gasteiger partial charge in [0.2, 0.25) is 0 Å². The Bertz CT molecular complexity index is 1430. The molecule has 0 unspecified atom stereocenters. The summed E-state index contributed by atoms with van der Waals surface area (Å²) >= 11 is 0. The van der Waals surface area contributed by atoms with Gasteiger partial charge in [0.1, 0.15) is 36.6 Å². The molecule has 0 aliphatic carbocycles. The summed E-state index contributed by atoms with van der Waals surface area (Å²) in [7, 11) is 0. The fraction of sp³-hybridized carbons (Fsp3) is 0.417. The summed E-state index contributed by atoms with van der Waals surface area (Å²) in [6.45, 7) is 39.2. The molecule has 0 bridgehead atoms. The Balaban J connectivity index is -0.0000000614. The van der Waals surface area contributed by atoms with E-state index in [1.807, 2.05) is 0 Å². The number of rotatable bonds is 18. The molecule has 0 aromatic carbocycles. The number of carbonyl (C=O) groups excluding carboxylic acids is 1. The van der Waals surface area contributed by atoms with Crippen LogP contribution in [0.15, 0.2) is 109 Å². The maximum atomic E-state index is 9.90. The van der Waals surface area contributed by atoms with E-state index in [1.54, 1.807) is 0 Å². The zero-order valence-corrected chi connectivity index (χ0v) is 45.0. The third-order valence-electron chi connectivity index (χ3n) is 5.55. The highest BCUT2D eigenvalue weighted by atomic mass is 16.4. The molecule has 78 heavy (non-hydrogen) atoms. The minimum atomic E-state index is -1.79. The van der Waals surface area contributed by atoms with Crippen molar-refractivity contribution in [1.82, 2.24) is 0 Å². The fourth-order valence-electron chi connectivity index (χ4n) is 0.734. The molecule has 0 radical (unpaired) electrons. The Morgan fingerprint density at radius 3 is 0.462 bits per heavy atom. The van der Waals surface area contributed by atoms with Crippen molar-refractivity contribution in [2.75, 3.05) is 33.0 Å². The van der Waals surface area contributed by atoms with Crippen LogP contribution in [0.3, 0.4) is 0 Å². The summed E-state index contributed by atoms with van der Waals surface area (Å²) in [6.07, 6.45) is -8.75. The Morgan fingerprint density at radius 1 is 0.295 bits per heavy atom. The SMILES string of the molecule is C=C(C)C(=O)O.C=C(C)C(=O)O.C=C(C)C(=O)O.C=C(C)C(=O)O.C=C(C)C(=O)O.C=C(C)C(=O)O.C=C(C)C(=O)O.C=C(C)C(=O)O.C=C(C)C(=O)O.O=C[C@H](O)[C@@H](O)[C@H](O)[C@H](O)CO.OCC(O)CO.OCC(O)CO. The lowest BCUT2D eigenvalue weighted by Crippen LogP contribution is -2.46. The lowest BCUT2D eigenvalue weighted by Gasteiger charge is -2.22. The van der Waals surface area contributed by atoms with Crippen molar-refractivity contribution in [3.8, 4) is 0 Å². The van der Waals surface area contributed by atoms with E-state index in [0.29, 0.717) is 0 Å². The lowest BCUT2D eigenvalue weighted by atomic mass is 10.0. The third-order valence-corrected chi connectivity index (χ3v) is 5.55. The van der Waals surface area contributed by atoms with Gasteiger partial charge in [-0.1, -0.05) is 59.2 Å². The van der Waals surface area contributed by atoms with Crippen molar-refractivity contribution in [3.05, 3.63) is 109 Å². The molecule has 0 fully saturated rings. The third kappa shape index (κ3) is 113. The van der Waals surface area contributed by atoms with Crippen LogP contribution < -0.4 is 0 Å². The second-order valence-electron chi connectivity index (χ2n) is 14.2. The van der Waals surface area contributed by atoms with Crippen LogP contribution in [0.1, 0.15) is 62.3 Å². The first kappa shape index (κ1) is 99.2. The van der Waals surface area contributed by atoms with Gasteiger partial charge in [0, 0.05) is 50.2 Å². The number of aldehydes is 1. The number of carboxylic acids is 9. The van der Waals surface area contributed by atoms with E-state index in [9.17, 15) is 47.9 Å². The van der Waals surface area contributed by atoms with Crippen molar-refractivity contribution in [1.29, 1.82) is 0 Å². The summed E-state index contributed by atoms with van der Waals surface area (Å²) in [5.41, 5.74) is 1.58. The number of carboxylic acid groups (broad SMARTS) is 9. The largest absolute Gasteiger partial charge is 0.478 e. The molecular formula is C48H82O30. The van der Waals surface area contributed by atoms with Crippen LogP contribution in [-0.4, -0.2) is 232 Å². The summed E-state index contributed by atoms with van der Waals surface area (Å²) < 4.78 is 0. The molecule has 0 spiro atoms. The average Bonchev–Trinajstić information content (AvgIpc) is 3.34. The van der Waals surface area contributed by atoms with Crippen LogP contribution in [0.5, 0.6) is 0 Å². The Labute approximate surface area is 450 Å². The van der Waals surface area contributed by atoms with E-state index in [0.717, 1.165) is 0 Å². The number of aliphatic carboxylic acids is 9. The minimum Gasteiger partial charge on any atom is -0.478 e. The molecule has 30 nitrogen and oxygen atoms in total. The second-order valence-corrected chi connectivity index (χ2v) is 14.2. The zero-order chi connectivity index (χ0) is 66.1. The zero-order valence-electron chi connectivity index (χ0n) is 45.0. The van der Waals surface area contributed by atoms with Gasteiger partial charge in [-0.15, -0.1) is 0 Å². The number of carbonyl (C=O) groups is 10. The minimum absolute atomic E-state index is 0.0258. The first-order valence-corrected chi connectivity index (χ1v) is 20.5. The van der Waals surface area contributed by atoms with Crippen LogP contribution in [0.2, 0.25) is 0 Å². The van der Waals surface area contributed by atoms with Gasteiger partial charge in [-0.2, -0.15) is 0 Å². The van der Waals surface area contributed by atoms with Gasteiger partial charge < -0.3 is 107 Å². The quantitative estimate of drug-likeness (QED) is 0.0585. The van der Waals surface area contributed by atoms with Gasteiger partial charge in [0.25, 0.3) is 0 Å². The Hall–Kier alpha value is -7.88. The standard InChI is InChI=1S/C6H12O6.9C4H6O2.2C3H8O3/c7-1-3(9)5(11)6(12)4(10)2-8;9*1-3(2)4(5)6;2*4-1-3(6)2-5/h1,3-6,8-12H,2H2;9*1H2,2H3,(H,5,6);2*3-6H,1-2H2/t3-,4+,5+,6+;;;;;;;;;;;/m0.........../s1. The summed E-state index contributed by atoms with van der Waals surface area (Å²) in [4.78, 5) is 96.3. The van der Waals surface area contributed by atoms with E-state index >= 15 is 0 Å². The van der Waals surface area contributed by atoms with Crippen LogP contribution in [0.25, 0.3) is 0 Å². The van der Waals surface area contributed by atoms with Gasteiger partial charge >= 0.3 is 53.7 Å². The molecule has 0 amide bonds. The van der Waals surface area contributed by atoms with Crippen molar-refractivity contribution in [2.24, 2.45) is 0 Å². The number of aliphatic hydroxyl groups is 11. The van der Waals surface area contributed by atoms with E-state index < -0.39 is 97.0 Å². The molecule has 0 aromatic rings. The smallest absolute Gasteiger partial charge is 0.330 e. The highest BCUT2D eigenvalue weighted by molar-refractivity contribution is 5.87. The molecule has 0 aromatic heterocycles. The molecule has 0 heterocycles. The highest BCUT2D eigenvalue weighted by Gasteiger charge is 2.29. The highest BCUT2D eigenvalue weighted by Crippen LogP contribution is 2.03. The maximum Gasteiger partial charge on any atom is 0.330 e. The van der Waals surface area contributed by atoms with Gasteiger partial charge in [0.15, 0.2) is 6.29 Å². The molecule has 0 aliphatic heterocycles. The van der Waals surface area contributed by atoms with Gasteiger partial charge in [-0.25, -0.2) is 43.2 Å². The fourth-order valence-corrected chi connectivity index (χ4v) is 0.734. The van der Waals surface area contributed by atoms with E-state index in [-0.39, 0.29) is 82.9 Å². The van der Waals surface area contributed by atoms with Gasteiger partial charge in [0.05, 0.1) is 33.0 Å². The first-order chi connectivity index (χ1) is 34.9. The Kier molecular flexibility index (Phi) is 82.9. The van der Waals surface area contributed by atoms with Gasteiger partial charge in [-0.05, 0) is 62.3 Å². The van der Waals surface area contributed by atoms with Crippen LogP contribution in [0, 0.1) is 0 Å². The molecular weight excluding hydrogens is 1060 g/mol. The number of hydrogen-bond donors (Lipinski definition) is 20. The predicted molar refractivity (Wildman–Crippen MR) is 280 cm³/mol. The normalized spacial score (nSPS) is 9.97. The summed E-state index contributed by atoms with van der Waals surface area (Å²) in [5, 5.41) is 163. The van der Waals surface area contributed by atoms with Crippen LogP contribution in [0.4, 0.5) is 0 Å². The topological polar surface area (TPSA) is 575 Å². The molecule has 0 saturated carbocycles. The number of aliphatic hydroxyl groups excluding tert-OH is 11. The lowest BCUT2D eigenvalue weighted by molar-refractivity contribution is -0.136. The summed E-state index contributed by atoms with van der Waals surface area (Å²) in [6, 6.07) is 0.